The molecule has 1 heterocycles. The van der Waals surface area contributed by atoms with E-state index in [1.807, 2.05) is 0 Å². The summed E-state index contributed by atoms with van der Waals surface area (Å²) < 4.78 is 27.7. The van der Waals surface area contributed by atoms with E-state index in [0.717, 1.165) is 10.7 Å². The van der Waals surface area contributed by atoms with Gasteiger partial charge in [0.1, 0.15) is 5.69 Å². The van der Waals surface area contributed by atoms with Gasteiger partial charge in [-0.15, -0.1) is 0 Å². The van der Waals surface area contributed by atoms with Gasteiger partial charge >= 0.3 is 5.97 Å². The van der Waals surface area contributed by atoms with Crippen molar-refractivity contribution in [2.24, 2.45) is 0 Å². The summed E-state index contributed by atoms with van der Waals surface area (Å²) in [6, 6.07) is 3.43. The zero-order chi connectivity index (χ0) is 14.9. The molecule has 0 saturated heterocycles. The molecular weight excluding hydrogens is 270 g/mol. The van der Waals surface area contributed by atoms with Gasteiger partial charge in [-0.1, -0.05) is 13.0 Å². The molecule has 0 aliphatic carbocycles. The van der Waals surface area contributed by atoms with Gasteiger partial charge in [0, 0.05) is 11.8 Å². The Labute approximate surface area is 112 Å². The van der Waals surface area contributed by atoms with Crippen molar-refractivity contribution in [2.45, 2.75) is 13.3 Å². The Morgan fingerprint density at radius 2 is 2.10 bits per heavy atom. The number of carboxylic acids is 1. The van der Waals surface area contributed by atoms with E-state index in [4.69, 9.17) is 5.11 Å². The average molecular weight is 280 g/mol. The van der Waals surface area contributed by atoms with Crippen molar-refractivity contribution < 1.29 is 18.7 Å². The number of nitrogens with zero attached hydrogens (tertiary/aromatic N) is 2. The van der Waals surface area contributed by atoms with Gasteiger partial charge in [-0.25, -0.2) is 18.3 Å². The van der Waals surface area contributed by atoms with Crippen molar-refractivity contribution in [3.05, 3.63) is 57.5 Å². The van der Waals surface area contributed by atoms with Crippen LogP contribution < -0.4 is 5.43 Å². The Morgan fingerprint density at radius 1 is 1.40 bits per heavy atom. The van der Waals surface area contributed by atoms with Crippen LogP contribution in [0.25, 0.3) is 5.69 Å². The summed E-state index contributed by atoms with van der Waals surface area (Å²) in [6.45, 7) is 1.65. The molecule has 0 aliphatic rings. The van der Waals surface area contributed by atoms with Crippen molar-refractivity contribution in [2.75, 3.05) is 0 Å². The van der Waals surface area contributed by atoms with E-state index in [2.05, 4.69) is 5.10 Å². The Bertz CT molecular complexity index is 741. The third kappa shape index (κ3) is 2.29. The molecule has 0 aliphatic heterocycles. The highest BCUT2D eigenvalue weighted by Gasteiger charge is 2.17. The Morgan fingerprint density at radius 3 is 2.70 bits per heavy atom. The highest BCUT2D eigenvalue weighted by Crippen LogP contribution is 2.15. The lowest BCUT2D eigenvalue weighted by Gasteiger charge is -2.09. The lowest BCUT2D eigenvalue weighted by molar-refractivity contribution is 0.0686. The van der Waals surface area contributed by atoms with Crippen LogP contribution in [0.4, 0.5) is 8.78 Å². The predicted octanol–water partition coefficient (Wildman–Crippen LogP) is 1.77. The number of carboxylic acid groups (broad SMARTS) is 1. The SMILES string of the molecule is CCc1cn(-c2cccc(F)c2F)nc(C(=O)O)c1=O. The third-order valence-electron chi connectivity index (χ3n) is 2.75. The van der Waals surface area contributed by atoms with Crippen LogP contribution in [0.3, 0.4) is 0 Å². The molecule has 1 aromatic carbocycles. The van der Waals surface area contributed by atoms with E-state index in [0.29, 0.717) is 0 Å². The second-order valence-corrected chi connectivity index (χ2v) is 4.01. The molecule has 7 heteroatoms. The number of carbonyl (C=O) groups is 1. The van der Waals surface area contributed by atoms with Crippen LogP contribution in [-0.2, 0) is 6.42 Å². The smallest absolute Gasteiger partial charge is 0.360 e. The number of aromatic nitrogens is 2. The Kier molecular flexibility index (Phi) is 3.60. The van der Waals surface area contributed by atoms with E-state index in [1.54, 1.807) is 6.92 Å². The normalized spacial score (nSPS) is 10.6. The maximum absolute atomic E-state index is 13.7. The first kappa shape index (κ1) is 13.9. The molecule has 1 N–H and O–H groups in total. The summed E-state index contributed by atoms with van der Waals surface area (Å²) in [5.41, 5.74) is -1.57. The highest BCUT2D eigenvalue weighted by atomic mass is 19.2. The van der Waals surface area contributed by atoms with Gasteiger partial charge in [-0.05, 0) is 18.6 Å². The summed E-state index contributed by atoms with van der Waals surface area (Å²) in [5.74, 6) is -3.77. The minimum absolute atomic E-state index is 0.154. The van der Waals surface area contributed by atoms with Gasteiger partial charge in [-0.3, -0.25) is 4.79 Å². The van der Waals surface area contributed by atoms with E-state index in [9.17, 15) is 18.4 Å². The van der Waals surface area contributed by atoms with Crippen LogP contribution in [0.2, 0.25) is 0 Å². The van der Waals surface area contributed by atoms with Gasteiger partial charge in [0.2, 0.25) is 11.1 Å². The summed E-state index contributed by atoms with van der Waals surface area (Å²) in [6.07, 6.45) is 1.45. The van der Waals surface area contributed by atoms with E-state index in [-0.39, 0.29) is 17.7 Å². The lowest BCUT2D eigenvalue weighted by Crippen LogP contribution is -2.25. The van der Waals surface area contributed by atoms with Crippen molar-refractivity contribution in [3.63, 3.8) is 0 Å². The summed E-state index contributed by atoms with van der Waals surface area (Å²) in [4.78, 5) is 22.7. The van der Waals surface area contributed by atoms with E-state index in [1.165, 1.54) is 18.3 Å². The summed E-state index contributed by atoms with van der Waals surface area (Å²) in [7, 11) is 0. The second-order valence-electron chi connectivity index (χ2n) is 4.01. The van der Waals surface area contributed by atoms with Crippen LogP contribution in [0, 0.1) is 11.6 Å². The van der Waals surface area contributed by atoms with Crippen molar-refractivity contribution >= 4 is 5.97 Å². The molecule has 0 saturated carbocycles. The van der Waals surface area contributed by atoms with E-state index < -0.39 is 28.7 Å². The quantitative estimate of drug-likeness (QED) is 0.930. The molecule has 0 unspecified atom stereocenters. The number of aromatic carboxylic acids is 1. The zero-order valence-corrected chi connectivity index (χ0v) is 10.4. The predicted molar refractivity (Wildman–Crippen MR) is 66.1 cm³/mol. The zero-order valence-electron chi connectivity index (χ0n) is 10.4. The lowest BCUT2D eigenvalue weighted by atomic mass is 10.2. The van der Waals surface area contributed by atoms with Gasteiger partial charge in [0.15, 0.2) is 11.6 Å². The van der Waals surface area contributed by atoms with Crippen LogP contribution in [0.5, 0.6) is 0 Å². The van der Waals surface area contributed by atoms with E-state index >= 15 is 0 Å². The topological polar surface area (TPSA) is 72.2 Å². The largest absolute Gasteiger partial charge is 0.476 e. The van der Waals surface area contributed by atoms with Crippen LogP contribution >= 0.6 is 0 Å². The number of hydrogen-bond acceptors (Lipinski definition) is 3. The maximum Gasteiger partial charge on any atom is 0.360 e. The first-order valence-corrected chi connectivity index (χ1v) is 5.76. The Balaban J connectivity index is 2.75. The van der Waals surface area contributed by atoms with Gasteiger partial charge < -0.3 is 5.11 Å². The van der Waals surface area contributed by atoms with Gasteiger partial charge in [-0.2, -0.15) is 5.10 Å². The fraction of sp³-hybridized carbons (Fsp3) is 0.154. The summed E-state index contributed by atoms with van der Waals surface area (Å²) >= 11 is 0. The highest BCUT2D eigenvalue weighted by molar-refractivity contribution is 5.85. The molecule has 0 fully saturated rings. The molecule has 0 spiro atoms. The molecular formula is C13H10F2N2O3. The van der Waals surface area contributed by atoms with Gasteiger partial charge in [0.05, 0.1) is 0 Å². The molecule has 20 heavy (non-hydrogen) atoms. The number of hydrogen-bond donors (Lipinski definition) is 1. The molecule has 0 radical (unpaired) electrons. The minimum atomic E-state index is -1.52. The van der Waals surface area contributed by atoms with Crippen LogP contribution in [0.1, 0.15) is 23.0 Å². The molecule has 0 amide bonds. The molecule has 1 aromatic heterocycles. The van der Waals surface area contributed by atoms with Crippen LogP contribution in [0.15, 0.2) is 29.2 Å². The van der Waals surface area contributed by atoms with Crippen molar-refractivity contribution in [1.29, 1.82) is 0 Å². The third-order valence-corrected chi connectivity index (χ3v) is 2.75. The van der Waals surface area contributed by atoms with Gasteiger partial charge in [0.25, 0.3) is 0 Å². The van der Waals surface area contributed by atoms with Crippen LogP contribution in [-0.4, -0.2) is 20.9 Å². The standard InChI is InChI=1S/C13H10F2N2O3/c1-2-7-6-17(16-11(12(7)18)13(19)20)9-5-3-4-8(14)10(9)15/h3-6H,2H2,1H3,(H,19,20). The first-order chi connectivity index (χ1) is 9.45. The number of rotatable bonds is 3. The molecule has 5 nitrogen and oxygen atoms in total. The van der Waals surface area contributed by atoms with Crippen molar-refractivity contribution in [3.8, 4) is 5.69 Å². The minimum Gasteiger partial charge on any atom is -0.476 e. The average Bonchev–Trinajstić information content (AvgIpc) is 2.42. The number of aryl methyl sites for hydroxylation is 1. The molecule has 104 valence electrons. The fourth-order valence-corrected chi connectivity index (χ4v) is 1.72. The number of halogens is 2. The Hall–Kier alpha value is -2.57. The molecule has 0 bridgehead atoms. The molecule has 2 rings (SSSR count). The first-order valence-electron chi connectivity index (χ1n) is 5.76. The summed E-state index contributed by atoms with van der Waals surface area (Å²) in [5, 5.41) is 12.5. The number of benzene rings is 1. The maximum atomic E-state index is 13.7. The molecule has 2 aromatic rings. The van der Waals surface area contributed by atoms with Crippen molar-refractivity contribution in [1.82, 2.24) is 9.78 Å². The monoisotopic (exact) mass is 280 g/mol. The second kappa shape index (κ2) is 5.20. The molecule has 0 atom stereocenters. The fourth-order valence-electron chi connectivity index (χ4n) is 1.72.